The zero-order valence-electron chi connectivity index (χ0n) is 10.9. The van der Waals surface area contributed by atoms with Gasteiger partial charge in [0.2, 0.25) is 0 Å². The Morgan fingerprint density at radius 1 is 1.53 bits per heavy atom. The van der Waals surface area contributed by atoms with Crippen molar-refractivity contribution in [2.24, 2.45) is 11.7 Å². The van der Waals surface area contributed by atoms with Crippen LogP contribution < -0.4 is 5.73 Å². The topological polar surface area (TPSA) is 60.9 Å². The van der Waals surface area contributed by atoms with Crippen molar-refractivity contribution < 1.29 is 4.79 Å². The second-order valence-electron chi connectivity index (χ2n) is 4.58. The predicted molar refractivity (Wildman–Crippen MR) is 68.9 cm³/mol. The van der Waals surface area contributed by atoms with Gasteiger partial charge in [-0.1, -0.05) is 13.8 Å². The van der Waals surface area contributed by atoms with Crippen LogP contribution in [0, 0.1) is 5.92 Å². The summed E-state index contributed by atoms with van der Waals surface area (Å²) >= 11 is 0. The average Bonchev–Trinajstić information content (AvgIpc) is 2.75. The molecule has 96 valence electrons. The van der Waals surface area contributed by atoms with Gasteiger partial charge in [-0.2, -0.15) is 5.10 Å². The normalized spacial score (nSPS) is 12.6. The largest absolute Gasteiger partial charge is 0.330 e. The van der Waals surface area contributed by atoms with Crippen LogP contribution in [0.1, 0.15) is 50.0 Å². The summed E-state index contributed by atoms with van der Waals surface area (Å²) in [6, 6.07) is 1.81. The first-order valence-corrected chi connectivity index (χ1v) is 6.44. The van der Waals surface area contributed by atoms with E-state index >= 15 is 0 Å². The number of ketones is 1. The third kappa shape index (κ3) is 4.30. The molecule has 0 bridgehead atoms. The van der Waals surface area contributed by atoms with Crippen LogP contribution in [-0.2, 0) is 6.54 Å². The number of nitrogens with two attached hydrogens (primary N) is 1. The number of rotatable bonds is 8. The molecule has 0 radical (unpaired) electrons. The molecule has 0 saturated heterocycles. The summed E-state index contributed by atoms with van der Waals surface area (Å²) < 4.78 is 1.80. The van der Waals surface area contributed by atoms with Gasteiger partial charge in [0.15, 0.2) is 5.78 Å². The number of carbonyl (C=O) groups is 1. The third-order valence-corrected chi connectivity index (χ3v) is 2.96. The number of hydrogen-bond acceptors (Lipinski definition) is 3. The minimum Gasteiger partial charge on any atom is -0.330 e. The van der Waals surface area contributed by atoms with E-state index in [2.05, 4.69) is 18.9 Å². The highest BCUT2D eigenvalue weighted by atomic mass is 16.1. The first-order chi connectivity index (χ1) is 8.19. The van der Waals surface area contributed by atoms with Gasteiger partial charge in [0.25, 0.3) is 0 Å². The molecule has 0 spiro atoms. The molecule has 4 heteroatoms. The van der Waals surface area contributed by atoms with Crippen LogP contribution in [0.2, 0.25) is 0 Å². The maximum absolute atomic E-state index is 12.0. The van der Waals surface area contributed by atoms with Crippen molar-refractivity contribution in [3.05, 3.63) is 18.0 Å². The first-order valence-electron chi connectivity index (χ1n) is 6.44. The molecular formula is C13H23N3O. The summed E-state index contributed by atoms with van der Waals surface area (Å²) in [4.78, 5) is 12.0. The van der Waals surface area contributed by atoms with Gasteiger partial charge in [0, 0.05) is 19.2 Å². The van der Waals surface area contributed by atoms with E-state index in [4.69, 9.17) is 5.73 Å². The molecule has 1 aromatic heterocycles. The van der Waals surface area contributed by atoms with Crippen LogP contribution in [0.15, 0.2) is 12.3 Å². The maximum atomic E-state index is 12.0. The lowest BCUT2D eigenvalue weighted by Gasteiger charge is -2.09. The third-order valence-electron chi connectivity index (χ3n) is 2.96. The van der Waals surface area contributed by atoms with Crippen LogP contribution in [0.3, 0.4) is 0 Å². The summed E-state index contributed by atoms with van der Waals surface area (Å²) in [6.45, 7) is 5.73. The highest BCUT2D eigenvalue weighted by molar-refractivity contribution is 5.94. The van der Waals surface area contributed by atoms with Crippen molar-refractivity contribution in [3.63, 3.8) is 0 Å². The fraction of sp³-hybridized carbons (Fsp3) is 0.692. The standard InChI is InChI=1S/C13H23N3O/c1-3-10-16-12(7-9-15-16)13(17)5-4-11(2)6-8-14/h7,9,11H,3-6,8,10,14H2,1-2H3. The van der Waals surface area contributed by atoms with Crippen LogP contribution in [0.4, 0.5) is 0 Å². The molecule has 0 amide bonds. The molecule has 1 heterocycles. The van der Waals surface area contributed by atoms with Crippen molar-refractivity contribution in [1.82, 2.24) is 9.78 Å². The van der Waals surface area contributed by atoms with E-state index < -0.39 is 0 Å². The number of hydrogen-bond donors (Lipinski definition) is 1. The Labute approximate surface area is 103 Å². The minimum absolute atomic E-state index is 0.194. The Balaban J connectivity index is 2.49. The lowest BCUT2D eigenvalue weighted by atomic mass is 9.99. The van der Waals surface area contributed by atoms with Gasteiger partial charge in [-0.15, -0.1) is 0 Å². The van der Waals surface area contributed by atoms with E-state index in [9.17, 15) is 4.79 Å². The number of aryl methyl sites for hydroxylation is 1. The van der Waals surface area contributed by atoms with Gasteiger partial charge >= 0.3 is 0 Å². The number of Topliss-reactive ketones (excluding diaryl/α,β-unsaturated/α-hetero) is 1. The zero-order chi connectivity index (χ0) is 12.7. The second-order valence-corrected chi connectivity index (χ2v) is 4.58. The van der Waals surface area contributed by atoms with Gasteiger partial charge < -0.3 is 5.73 Å². The van der Waals surface area contributed by atoms with E-state index in [1.54, 1.807) is 10.9 Å². The zero-order valence-corrected chi connectivity index (χ0v) is 10.9. The van der Waals surface area contributed by atoms with Crippen molar-refractivity contribution in [3.8, 4) is 0 Å². The average molecular weight is 237 g/mol. The molecule has 1 rings (SSSR count). The van der Waals surface area contributed by atoms with E-state index in [0.717, 1.165) is 31.5 Å². The van der Waals surface area contributed by atoms with Gasteiger partial charge in [0.1, 0.15) is 5.69 Å². The Kier molecular flexibility index (Phi) is 5.91. The quantitative estimate of drug-likeness (QED) is 0.705. The Morgan fingerprint density at radius 2 is 2.29 bits per heavy atom. The van der Waals surface area contributed by atoms with Crippen LogP contribution in [0.5, 0.6) is 0 Å². The summed E-state index contributed by atoms with van der Waals surface area (Å²) in [5.74, 6) is 0.714. The molecule has 1 aromatic rings. The molecule has 0 aliphatic carbocycles. The lowest BCUT2D eigenvalue weighted by molar-refractivity contribution is 0.0963. The summed E-state index contributed by atoms with van der Waals surface area (Å²) in [5, 5.41) is 4.17. The molecule has 0 aromatic carbocycles. The molecular weight excluding hydrogens is 214 g/mol. The van der Waals surface area contributed by atoms with Crippen molar-refractivity contribution in [1.29, 1.82) is 0 Å². The SMILES string of the molecule is CCCn1nccc1C(=O)CCC(C)CCN. The van der Waals surface area contributed by atoms with Crippen molar-refractivity contribution >= 4 is 5.78 Å². The van der Waals surface area contributed by atoms with Crippen molar-refractivity contribution in [2.75, 3.05) is 6.54 Å². The summed E-state index contributed by atoms with van der Waals surface area (Å²) in [5.41, 5.74) is 6.24. The molecule has 2 N–H and O–H groups in total. The fourth-order valence-corrected chi connectivity index (χ4v) is 1.89. The Bertz CT molecular complexity index is 346. The van der Waals surface area contributed by atoms with Gasteiger partial charge in [-0.25, -0.2) is 0 Å². The smallest absolute Gasteiger partial charge is 0.180 e. The molecule has 1 atom stereocenters. The highest BCUT2D eigenvalue weighted by Crippen LogP contribution is 2.13. The lowest BCUT2D eigenvalue weighted by Crippen LogP contribution is -2.12. The monoisotopic (exact) mass is 237 g/mol. The molecule has 0 saturated carbocycles. The van der Waals surface area contributed by atoms with Crippen molar-refractivity contribution in [2.45, 2.75) is 46.1 Å². The summed E-state index contributed by atoms with van der Waals surface area (Å²) in [6.07, 6.45) is 5.18. The molecule has 17 heavy (non-hydrogen) atoms. The van der Waals surface area contributed by atoms with Gasteiger partial charge in [-0.3, -0.25) is 9.48 Å². The number of nitrogens with zero attached hydrogens (tertiary/aromatic N) is 2. The molecule has 1 unspecified atom stereocenters. The predicted octanol–water partition coefficient (Wildman–Crippen LogP) is 2.24. The molecule has 0 fully saturated rings. The molecule has 0 aliphatic heterocycles. The fourth-order valence-electron chi connectivity index (χ4n) is 1.89. The van der Waals surface area contributed by atoms with Crippen LogP contribution >= 0.6 is 0 Å². The highest BCUT2D eigenvalue weighted by Gasteiger charge is 2.12. The number of aromatic nitrogens is 2. The second kappa shape index (κ2) is 7.22. The Hall–Kier alpha value is -1.16. The summed E-state index contributed by atoms with van der Waals surface area (Å²) in [7, 11) is 0. The van der Waals surface area contributed by atoms with Gasteiger partial charge in [-0.05, 0) is 37.8 Å². The maximum Gasteiger partial charge on any atom is 0.180 e. The van der Waals surface area contributed by atoms with E-state index in [1.165, 1.54) is 0 Å². The van der Waals surface area contributed by atoms with E-state index in [1.807, 2.05) is 6.07 Å². The van der Waals surface area contributed by atoms with Crippen LogP contribution in [-0.4, -0.2) is 22.1 Å². The van der Waals surface area contributed by atoms with Gasteiger partial charge in [0.05, 0.1) is 0 Å². The first kappa shape index (κ1) is 13.9. The minimum atomic E-state index is 0.194. The van der Waals surface area contributed by atoms with E-state index in [-0.39, 0.29) is 5.78 Å². The number of carbonyl (C=O) groups excluding carboxylic acids is 1. The Morgan fingerprint density at radius 3 is 2.94 bits per heavy atom. The van der Waals surface area contributed by atoms with E-state index in [0.29, 0.717) is 18.9 Å². The molecule has 0 aliphatic rings. The van der Waals surface area contributed by atoms with Crippen LogP contribution in [0.25, 0.3) is 0 Å². The molecule has 4 nitrogen and oxygen atoms in total.